The quantitative estimate of drug-likeness (QED) is 0.140. The molecule has 1 atom stereocenters. The van der Waals surface area contributed by atoms with Gasteiger partial charge >= 0.3 is 5.97 Å². The second-order valence-electron chi connectivity index (χ2n) is 10.6. The highest BCUT2D eigenvalue weighted by Crippen LogP contribution is 2.39. The monoisotopic (exact) mass is 663 g/mol. The van der Waals surface area contributed by atoms with E-state index in [0.29, 0.717) is 45.2 Å². The smallest absolute Gasteiger partial charge is 0.341 e. The van der Waals surface area contributed by atoms with E-state index in [-0.39, 0.29) is 25.0 Å². The molecule has 1 aliphatic rings. The van der Waals surface area contributed by atoms with E-state index in [4.69, 9.17) is 14.2 Å². The van der Waals surface area contributed by atoms with Crippen molar-refractivity contribution in [2.75, 3.05) is 26.1 Å². The van der Waals surface area contributed by atoms with Crippen LogP contribution in [0, 0.1) is 0 Å². The van der Waals surface area contributed by atoms with Gasteiger partial charge in [-0.1, -0.05) is 42.1 Å². The number of carbonyl (C=O) groups is 3. The molecule has 2 aromatic heterocycles. The molecule has 2 N–H and O–H groups in total. The topological polar surface area (TPSA) is 134 Å². The van der Waals surface area contributed by atoms with Gasteiger partial charge in [0.05, 0.1) is 44.7 Å². The predicted molar refractivity (Wildman–Crippen MR) is 177 cm³/mol. The van der Waals surface area contributed by atoms with Crippen LogP contribution in [-0.4, -0.2) is 58.6 Å². The van der Waals surface area contributed by atoms with Gasteiger partial charge in [0.15, 0.2) is 22.5 Å². The van der Waals surface area contributed by atoms with E-state index in [1.54, 1.807) is 32.0 Å². The summed E-state index contributed by atoms with van der Waals surface area (Å²) in [5.74, 6) is 0.533. The highest BCUT2D eigenvalue weighted by Gasteiger charge is 2.29. The average Bonchev–Trinajstić information content (AvgIpc) is 3.63. The number of rotatable bonds is 13. The predicted octanol–water partition coefficient (Wildman–Crippen LogP) is 5.51. The third-order valence-electron chi connectivity index (χ3n) is 7.57. The van der Waals surface area contributed by atoms with Crippen molar-refractivity contribution >= 4 is 45.9 Å². The number of benzene rings is 2. The molecule has 1 aliphatic carbocycles. The molecular weight excluding hydrogens is 627 g/mol. The average molecular weight is 664 g/mol. The number of carbonyl (C=O) groups excluding carboxylic acids is 3. The van der Waals surface area contributed by atoms with Crippen LogP contribution in [0.2, 0.25) is 0 Å². The number of fused-ring (bicyclic) bond motifs is 1. The molecule has 0 saturated heterocycles. The number of thioether (sulfide) groups is 1. The van der Waals surface area contributed by atoms with Gasteiger partial charge in [0.2, 0.25) is 5.91 Å². The molecule has 0 radical (unpaired) electrons. The van der Waals surface area contributed by atoms with Crippen LogP contribution >= 0.6 is 23.1 Å². The SMILES string of the molecule is CCOC(=O)c1c(NC(=O)[C@@H](C)Sc2nnc(CNC(=O)c3ccc(OC)c(OC)c3)n2Cc2ccccc2)sc2c1CCCC2. The zero-order valence-corrected chi connectivity index (χ0v) is 27.9. The Morgan fingerprint density at radius 3 is 2.52 bits per heavy atom. The van der Waals surface area contributed by atoms with Gasteiger partial charge in [-0.15, -0.1) is 21.5 Å². The van der Waals surface area contributed by atoms with Crippen LogP contribution < -0.4 is 20.1 Å². The number of aryl methyl sites for hydroxylation is 1. The maximum absolute atomic E-state index is 13.5. The highest BCUT2D eigenvalue weighted by molar-refractivity contribution is 8.00. The number of anilines is 1. The molecule has 4 aromatic rings. The Kier molecular flexibility index (Phi) is 11.0. The van der Waals surface area contributed by atoms with Crippen molar-refractivity contribution in [1.29, 1.82) is 0 Å². The van der Waals surface area contributed by atoms with Gasteiger partial charge in [-0.3, -0.25) is 9.59 Å². The van der Waals surface area contributed by atoms with E-state index in [1.165, 1.54) is 37.3 Å². The summed E-state index contributed by atoms with van der Waals surface area (Å²) in [7, 11) is 3.05. The summed E-state index contributed by atoms with van der Waals surface area (Å²) in [5, 5.41) is 15.2. The van der Waals surface area contributed by atoms with Gasteiger partial charge in [-0.25, -0.2) is 4.79 Å². The van der Waals surface area contributed by atoms with Gasteiger partial charge in [-0.2, -0.15) is 0 Å². The number of aromatic nitrogens is 3. The molecule has 13 heteroatoms. The number of esters is 1. The lowest BCUT2D eigenvalue weighted by molar-refractivity contribution is -0.115. The summed E-state index contributed by atoms with van der Waals surface area (Å²) in [6.45, 7) is 4.37. The summed E-state index contributed by atoms with van der Waals surface area (Å²) in [5.41, 5.74) is 2.89. The second kappa shape index (κ2) is 15.3. The lowest BCUT2D eigenvalue weighted by Gasteiger charge is -2.15. The second-order valence-corrected chi connectivity index (χ2v) is 13.0. The van der Waals surface area contributed by atoms with Crippen LogP contribution in [0.25, 0.3) is 0 Å². The largest absolute Gasteiger partial charge is 0.493 e. The highest BCUT2D eigenvalue weighted by atomic mass is 32.2. The molecule has 2 aromatic carbocycles. The van der Waals surface area contributed by atoms with Crippen LogP contribution in [0.4, 0.5) is 5.00 Å². The van der Waals surface area contributed by atoms with E-state index in [2.05, 4.69) is 20.8 Å². The first-order valence-electron chi connectivity index (χ1n) is 15.1. The van der Waals surface area contributed by atoms with Crippen molar-refractivity contribution in [1.82, 2.24) is 20.1 Å². The van der Waals surface area contributed by atoms with Gasteiger partial charge < -0.3 is 29.4 Å². The Hall–Kier alpha value is -4.36. The van der Waals surface area contributed by atoms with Gasteiger partial charge in [0, 0.05) is 10.4 Å². The van der Waals surface area contributed by atoms with Gasteiger partial charge in [-0.05, 0) is 68.9 Å². The minimum absolute atomic E-state index is 0.109. The minimum atomic E-state index is -0.567. The Labute approximate surface area is 276 Å². The third-order valence-corrected chi connectivity index (χ3v) is 9.86. The molecule has 5 rings (SSSR count). The van der Waals surface area contributed by atoms with Crippen molar-refractivity contribution in [3.05, 3.63) is 81.5 Å². The maximum atomic E-state index is 13.5. The number of ether oxygens (including phenoxy) is 3. The van der Waals surface area contributed by atoms with E-state index in [1.807, 2.05) is 34.9 Å². The number of nitrogens with zero attached hydrogens (tertiary/aromatic N) is 3. The lowest BCUT2D eigenvalue weighted by Crippen LogP contribution is -2.25. The zero-order chi connectivity index (χ0) is 32.6. The fourth-order valence-electron chi connectivity index (χ4n) is 5.20. The summed E-state index contributed by atoms with van der Waals surface area (Å²) in [6.07, 6.45) is 3.75. The maximum Gasteiger partial charge on any atom is 0.341 e. The van der Waals surface area contributed by atoms with Crippen molar-refractivity contribution in [2.24, 2.45) is 0 Å². The fraction of sp³-hybridized carbons (Fsp3) is 0.364. The number of nitrogens with one attached hydrogen (secondary N) is 2. The number of hydrogen-bond acceptors (Lipinski definition) is 10. The number of methoxy groups -OCH3 is 2. The van der Waals surface area contributed by atoms with Crippen LogP contribution in [0.1, 0.15) is 69.2 Å². The number of amides is 2. The molecule has 11 nitrogen and oxygen atoms in total. The van der Waals surface area contributed by atoms with Crippen LogP contribution in [0.3, 0.4) is 0 Å². The first kappa shape index (κ1) is 33.0. The third kappa shape index (κ3) is 7.53. The minimum Gasteiger partial charge on any atom is -0.493 e. The fourth-order valence-corrected chi connectivity index (χ4v) is 7.35. The standard InChI is InChI=1S/C33H37N5O6S2/c1-5-44-32(41)28-23-13-9-10-14-26(23)46-31(28)35-29(39)20(2)45-33-37-36-27(38(33)19-21-11-7-6-8-12-21)18-34-30(40)22-15-16-24(42-3)25(17-22)43-4/h6-8,11-12,15-17,20H,5,9-10,13-14,18-19H2,1-4H3,(H,34,40)(H,35,39)/t20-/m1/s1. The van der Waals surface area contributed by atoms with Crippen molar-refractivity contribution in [3.63, 3.8) is 0 Å². The molecule has 0 unspecified atom stereocenters. The van der Waals surface area contributed by atoms with E-state index < -0.39 is 11.2 Å². The van der Waals surface area contributed by atoms with Crippen molar-refractivity contribution in [3.8, 4) is 11.5 Å². The van der Waals surface area contributed by atoms with Gasteiger partial charge in [0.25, 0.3) is 5.91 Å². The van der Waals surface area contributed by atoms with Gasteiger partial charge in [0.1, 0.15) is 5.00 Å². The van der Waals surface area contributed by atoms with Crippen LogP contribution in [-0.2, 0) is 35.5 Å². The summed E-state index contributed by atoms with van der Waals surface area (Å²) < 4.78 is 17.8. The van der Waals surface area contributed by atoms with Crippen LogP contribution in [0.15, 0.2) is 53.7 Å². The molecule has 0 spiro atoms. The van der Waals surface area contributed by atoms with Crippen molar-refractivity contribution < 1.29 is 28.6 Å². The molecular formula is C33H37N5O6S2. The normalized spacial score (nSPS) is 13.0. The van der Waals surface area contributed by atoms with E-state index >= 15 is 0 Å². The molecule has 0 fully saturated rings. The Morgan fingerprint density at radius 2 is 1.78 bits per heavy atom. The molecule has 242 valence electrons. The van der Waals surface area contributed by atoms with Crippen LogP contribution in [0.5, 0.6) is 11.5 Å². The Balaban J connectivity index is 1.33. The van der Waals surface area contributed by atoms with E-state index in [0.717, 1.165) is 41.7 Å². The molecule has 2 amide bonds. The van der Waals surface area contributed by atoms with E-state index in [9.17, 15) is 14.4 Å². The first-order chi connectivity index (χ1) is 22.3. The number of hydrogen-bond donors (Lipinski definition) is 2. The van der Waals surface area contributed by atoms with Crippen molar-refractivity contribution in [2.45, 2.75) is 63.0 Å². The lowest BCUT2D eigenvalue weighted by atomic mass is 9.95. The molecule has 0 aliphatic heterocycles. The first-order valence-corrected chi connectivity index (χ1v) is 16.8. The summed E-state index contributed by atoms with van der Waals surface area (Å²) in [4.78, 5) is 40.6. The summed E-state index contributed by atoms with van der Waals surface area (Å²) in [6, 6.07) is 14.8. The molecule has 0 saturated carbocycles. The zero-order valence-electron chi connectivity index (χ0n) is 26.3. The Morgan fingerprint density at radius 1 is 1.02 bits per heavy atom. The molecule has 46 heavy (non-hydrogen) atoms. The summed E-state index contributed by atoms with van der Waals surface area (Å²) >= 11 is 2.72. The molecule has 2 heterocycles. The Bertz CT molecular complexity index is 1700. The number of thiophene rings is 1. The molecule has 0 bridgehead atoms.